The normalized spacial score (nSPS) is 14.7. The third kappa shape index (κ3) is 3.32. The molecule has 1 fully saturated rings. The molecule has 2 aromatic carbocycles. The van der Waals surface area contributed by atoms with Crippen molar-refractivity contribution in [2.24, 2.45) is 12.8 Å². The summed E-state index contributed by atoms with van der Waals surface area (Å²) in [6, 6.07) is 18.0. The van der Waals surface area contributed by atoms with Gasteiger partial charge in [0.05, 0.1) is 0 Å². The lowest BCUT2D eigenvalue weighted by Crippen LogP contribution is -2.43. The van der Waals surface area contributed by atoms with Gasteiger partial charge < -0.3 is 15.5 Å². The van der Waals surface area contributed by atoms with Gasteiger partial charge in [0.25, 0.3) is 5.56 Å². The van der Waals surface area contributed by atoms with E-state index in [2.05, 4.69) is 22.4 Å². The van der Waals surface area contributed by atoms with Crippen LogP contribution in [0, 0.1) is 0 Å². The standard InChI is InChI=1S/C24H24N4O2.ClH/c1-26-23-27-21-19(22(29)28(23)2)18(15-7-4-3-5-8-15)20(30-21)16-9-11-17(12-10-16)24(25)13-6-14-24;/h3-5,7-12H,6,13-14,25H2,1-2H3,(H,26,27);1H. The Morgan fingerprint density at radius 2 is 1.74 bits per heavy atom. The summed E-state index contributed by atoms with van der Waals surface area (Å²) in [7, 11) is 3.44. The van der Waals surface area contributed by atoms with Gasteiger partial charge in [-0.15, -0.1) is 12.4 Å². The smallest absolute Gasteiger partial charge is 0.266 e. The summed E-state index contributed by atoms with van der Waals surface area (Å²) < 4.78 is 7.69. The van der Waals surface area contributed by atoms with Gasteiger partial charge in [-0.25, -0.2) is 0 Å². The molecule has 0 spiro atoms. The average molecular weight is 437 g/mol. The van der Waals surface area contributed by atoms with Gasteiger partial charge in [0.1, 0.15) is 11.1 Å². The Kier molecular flexibility index (Phi) is 5.37. The summed E-state index contributed by atoms with van der Waals surface area (Å²) in [5, 5.41) is 3.43. The number of hydrogen-bond acceptors (Lipinski definition) is 5. The van der Waals surface area contributed by atoms with Crippen LogP contribution in [0.2, 0.25) is 0 Å². The summed E-state index contributed by atoms with van der Waals surface area (Å²) >= 11 is 0. The Balaban J connectivity index is 0.00000231. The molecular weight excluding hydrogens is 412 g/mol. The SMILES string of the molecule is CNc1nc2oc(-c3ccc(C4(N)CCC4)cc3)c(-c3ccccc3)c2c(=O)n1C.Cl. The molecule has 2 aromatic heterocycles. The molecule has 5 rings (SSSR count). The molecule has 7 heteroatoms. The molecule has 0 unspecified atom stereocenters. The van der Waals surface area contributed by atoms with Crippen LogP contribution in [0.4, 0.5) is 5.95 Å². The highest BCUT2D eigenvalue weighted by Crippen LogP contribution is 2.42. The maximum Gasteiger partial charge on any atom is 0.266 e. The predicted molar refractivity (Wildman–Crippen MR) is 127 cm³/mol. The monoisotopic (exact) mass is 436 g/mol. The quantitative estimate of drug-likeness (QED) is 0.485. The van der Waals surface area contributed by atoms with Gasteiger partial charge in [-0.1, -0.05) is 54.6 Å². The highest BCUT2D eigenvalue weighted by atomic mass is 35.5. The second kappa shape index (κ2) is 7.87. The van der Waals surface area contributed by atoms with E-state index in [1.54, 1.807) is 14.1 Å². The Hall–Kier alpha value is -3.09. The summed E-state index contributed by atoms with van der Waals surface area (Å²) in [4.78, 5) is 17.7. The summed E-state index contributed by atoms with van der Waals surface area (Å²) in [5.41, 5.74) is 10.2. The van der Waals surface area contributed by atoms with Gasteiger partial charge in [0.2, 0.25) is 11.7 Å². The molecule has 0 aliphatic heterocycles. The molecule has 1 aliphatic rings. The van der Waals surface area contributed by atoms with Gasteiger partial charge in [-0.2, -0.15) is 4.98 Å². The van der Waals surface area contributed by atoms with E-state index in [9.17, 15) is 4.79 Å². The minimum Gasteiger partial charge on any atom is -0.437 e. The van der Waals surface area contributed by atoms with Crippen LogP contribution in [-0.2, 0) is 12.6 Å². The van der Waals surface area contributed by atoms with Crippen LogP contribution < -0.4 is 16.6 Å². The molecule has 0 atom stereocenters. The van der Waals surface area contributed by atoms with Crippen LogP contribution in [0.15, 0.2) is 63.8 Å². The fourth-order valence-corrected chi connectivity index (χ4v) is 4.24. The first-order valence-electron chi connectivity index (χ1n) is 10.2. The number of halogens is 1. The van der Waals surface area contributed by atoms with Crippen LogP contribution in [-0.4, -0.2) is 16.6 Å². The largest absolute Gasteiger partial charge is 0.437 e. The maximum absolute atomic E-state index is 13.2. The van der Waals surface area contributed by atoms with Crippen molar-refractivity contribution in [1.82, 2.24) is 9.55 Å². The van der Waals surface area contributed by atoms with Crippen LogP contribution in [0.1, 0.15) is 24.8 Å². The number of nitrogens with zero attached hydrogens (tertiary/aromatic N) is 2. The Bertz CT molecular complexity index is 1290. The number of hydrogen-bond donors (Lipinski definition) is 2. The van der Waals surface area contributed by atoms with E-state index in [1.807, 2.05) is 42.5 Å². The van der Waals surface area contributed by atoms with E-state index in [-0.39, 0.29) is 23.5 Å². The van der Waals surface area contributed by atoms with Crippen LogP contribution in [0.5, 0.6) is 0 Å². The van der Waals surface area contributed by atoms with Crippen LogP contribution in [0.3, 0.4) is 0 Å². The lowest BCUT2D eigenvalue weighted by Gasteiger charge is -2.38. The van der Waals surface area contributed by atoms with Crippen molar-refractivity contribution in [2.75, 3.05) is 12.4 Å². The Morgan fingerprint density at radius 3 is 2.32 bits per heavy atom. The van der Waals surface area contributed by atoms with Gasteiger partial charge in [-0.05, 0) is 30.4 Å². The summed E-state index contributed by atoms with van der Waals surface area (Å²) in [5.74, 6) is 1.10. The zero-order valence-corrected chi connectivity index (χ0v) is 18.3. The first-order chi connectivity index (χ1) is 14.5. The maximum atomic E-state index is 13.2. The third-order valence-corrected chi connectivity index (χ3v) is 6.19. The van der Waals surface area contributed by atoms with E-state index in [0.717, 1.165) is 35.1 Å². The molecule has 0 amide bonds. The van der Waals surface area contributed by atoms with E-state index < -0.39 is 0 Å². The number of rotatable bonds is 4. The second-order valence-corrected chi connectivity index (χ2v) is 7.99. The molecule has 6 nitrogen and oxygen atoms in total. The zero-order chi connectivity index (χ0) is 20.9. The molecule has 0 bridgehead atoms. The number of fused-ring (bicyclic) bond motifs is 1. The van der Waals surface area contributed by atoms with E-state index >= 15 is 0 Å². The lowest BCUT2D eigenvalue weighted by atomic mass is 9.72. The van der Waals surface area contributed by atoms with Crippen molar-refractivity contribution >= 4 is 29.5 Å². The second-order valence-electron chi connectivity index (χ2n) is 7.99. The van der Waals surface area contributed by atoms with Crippen molar-refractivity contribution in [3.05, 3.63) is 70.5 Å². The number of furan rings is 1. The fraction of sp³-hybridized carbons (Fsp3) is 0.250. The third-order valence-electron chi connectivity index (χ3n) is 6.19. The fourth-order valence-electron chi connectivity index (χ4n) is 4.24. The first-order valence-corrected chi connectivity index (χ1v) is 10.2. The Labute approximate surface area is 186 Å². The van der Waals surface area contributed by atoms with Gasteiger partial charge in [0.15, 0.2) is 0 Å². The van der Waals surface area contributed by atoms with Crippen LogP contribution >= 0.6 is 12.4 Å². The van der Waals surface area contributed by atoms with Crippen molar-refractivity contribution in [3.8, 4) is 22.5 Å². The van der Waals surface area contributed by atoms with Crippen molar-refractivity contribution in [1.29, 1.82) is 0 Å². The topological polar surface area (TPSA) is 86.1 Å². The van der Waals surface area contributed by atoms with E-state index in [1.165, 1.54) is 11.0 Å². The number of benzene rings is 2. The number of aromatic nitrogens is 2. The highest BCUT2D eigenvalue weighted by molar-refractivity contribution is 6.00. The summed E-state index contributed by atoms with van der Waals surface area (Å²) in [6.45, 7) is 0. The zero-order valence-electron chi connectivity index (χ0n) is 17.5. The van der Waals surface area contributed by atoms with Gasteiger partial charge in [0, 0.05) is 30.8 Å². The molecule has 0 radical (unpaired) electrons. The summed E-state index contributed by atoms with van der Waals surface area (Å²) in [6.07, 6.45) is 3.20. The molecule has 31 heavy (non-hydrogen) atoms. The first kappa shape index (κ1) is 21.2. The molecule has 3 N–H and O–H groups in total. The average Bonchev–Trinajstić information content (AvgIpc) is 3.15. The molecule has 1 saturated carbocycles. The number of nitrogens with one attached hydrogen (secondary N) is 1. The minimum atomic E-state index is -0.214. The molecule has 2 heterocycles. The van der Waals surface area contributed by atoms with E-state index in [4.69, 9.17) is 10.2 Å². The van der Waals surface area contributed by atoms with E-state index in [0.29, 0.717) is 22.8 Å². The predicted octanol–water partition coefficient (Wildman–Crippen LogP) is 4.66. The van der Waals surface area contributed by atoms with Crippen molar-refractivity contribution in [2.45, 2.75) is 24.8 Å². The molecule has 4 aromatic rings. The number of anilines is 1. The molecule has 0 saturated heterocycles. The minimum absolute atomic E-state index is 0. The highest BCUT2D eigenvalue weighted by Gasteiger charge is 2.34. The molecule has 160 valence electrons. The number of nitrogens with two attached hydrogens (primary N) is 1. The molecule has 1 aliphatic carbocycles. The van der Waals surface area contributed by atoms with Crippen molar-refractivity contribution < 1.29 is 4.42 Å². The Morgan fingerprint density at radius 1 is 1.06 bits per heavy atom. The van der Waals surface area contributed by atoms with Crippen molar-refractivity contribution in [3.63, 3.8) is 0 Å². The lowest BCUT2D eigenvalue weighted by molar-refractivity contribution is 0.253. The van der Waals surface area contributed by atoms with Gasteiger partial charge in [-0.3, -0.25) is 9.36 Å². The van der Waals surface area contributed by atoms with Crippen LogP contribution in [0.25, 0.3) is 33.6 Å². The van der Waals surface area contributed by atoms with Gasteiger partial charge >= 0.3 is 0 Å². The molecular formula is C24H25ClN4O2.